The Bertz CT molecular complexity index is 60.8. The number of aliphatic hydroxyl groups is 1. The van der Waals surface area contributed by atoms with Crippen molar-refractivity contribution in [2.75, 3.05) is 20.3 Å². The van der Waals surface area contributed by atoms with E-state index in [9.17, 15) is 0 Å². The van der Waals surface area contributed by atoms with Gasteiger partial charge in [0.2, 0.25) is 0 Å². The largest absolute Gasteiger partial charge is 0.394 e. The number of aliphatic hydroxyl groups excluding tert-OH is 1. The highest BCUT2D eigenvalue weighted by molar-refractivity contribution is 6.93. The average molecular weight is 175 g/mol. The quantitative estimate of drug-likeness (QED) is 0.641. The van der Waals surface area contributed by atoms with Crippen LogP contribution in [0, 0.1) is 0 Å². The minimum absolute atomic E-state index is 0.122. The van der Waals surface area contributed by atoms with E-state index in [-0.39, 0.29) is 6.61 Å². The Hall–Kier alpha value is 0.170. The van der Waals surface area contributed by atoms with Crippen molar-refractivity contribution in [1.82, 2.24) is 0 Å². The van der Waals surface area contributed by atoms with Gasteiger partial charge in [-0.2, -0.15) is 0 Å². The van der Waals surface area contributed by atoms with Crippen LogP contribution in [0.3, 0.4) is 0 Å². The topological polar surface area (TPSA) is 46.5 Å². The first-order valence-corrected chi connectivity index (χ1v) is 2.85. The smallest absolute Gasteiger partial charge is 0.313 e. The molecule has 3 nitrogen and oxygen atoms in total. The molecule has 9 heavy (non-hydrogen) atoms. The molecule has 0 atom stereocenters. The highest BCUT2D eigenvalue weighted by Crippen LogP contribution is 1.84. The van der Waals surface area contributed by atoms with E-state index in [2.05, 4.69) is 27.9 Å². The maximum atomic E-state index is 8.98. The van der Waals surface area contributed by atoms with Crippen molar-refractivity contribution < 1.29 is 14.6 Å². The van der Waals surface area contributed by atoms with E-state index >= 15 is 0 Å². The molecule has 0 unspecified atom stereocenters. The fraction of sp³-hybridized carbons (Fsp3) is 0.750. The SMILES string of the molecule is COCCO.O=C(Cl)Cl. The maximum Gasteiger partial charge on any atom is 0.313 e. The van der Waals surface area contributed by atoms with Gasteiger partial charge in [0.05, 0.1) is 13.2 Å². The summed E-state index contributed by atoms with van der Waals surface area (Å²) in [5.74, 6) is 0. The van der Waals surface area contributed by atoms with Gasteiger partial charge >= 0.3 is 4.70 Å². The molecule has 1 N–H and O–H groups in total. The Balaban J connectivity index is 0. The van der Waals surface area contributed by atoms with Crippen LogP contribution in [0.5, 0.6) is 0 Å². The second kappa shape index (κ2) is 11.0. The van der Waals surface area contributed by atoms with E-state index in [1.54, 1.807) is 7.11 Å². The van der Waals surface area contributed by atoms with Crippen LogP contribution < -0.4 is 0 Å². The van der Waals surface area contributed by atoms with E-state index in [1.807, 2.05) is 0 Å². The molecule has 0 radical (unpaired) electrons. The summed E-state index contributed by atoms with van der Waals surface area (Å²) in [6, 6.07) is 0. The summed E-state index contributed by atoms with van der Waals surface area (Å²) in [7, 11) is 1.55. The van der Waals surface area contributed by atoms with E-state index in [1.165, 1.54) is 0 Å². The number of hydrogen-bond acceptors (Lipinski definition) is 3. The van der Waals surface area contributed by atoms with Crippen LogP contribution >= 0.6 is 23.2 Å². The van der Waals surface area contributed by atoms with Gasteiger partial charge in [-0.3, -0.25) is 4.79 Å². The van der Waals surface area contributed by atoms with Gasteiger partial charge in [0.15, 0.2) is 0 Å². The van der Waals surface area contributed by atoms with Crippen LogP contribution in [0.25, 0.3) is 0 Å². The highest BCUT2D eigenvalue weighted by atomic mass is 35.5. The summed E-state index contributed by atoms with van der Waals surface area (Å²) < 4.78 is 3.55. The molecule has 0 aliphatic rings. The summed E-state index contributed by atoms with van der Waals surface area (Å²) in [5.41, 5.74) is 0. The standard InChI is InChI=1S/C3H8O2.CCl2O/c1-5-3-2-4;2-1(3)4/h4H,2-3H2,1H3;. The van der Waals surface area contributed by atoms with Gasteiger partial charge in [0.1, 0.15) is 0 Å². The maximum absolute atomic E-state index is 8.98. The zero-order chi connectivity index (χ0) is 7.70. The molecule has 0 aromatic heterocycles. The Morgan fingerprint density at radius 2 is 2.00 bits per heavy atom. The molecule has 0 rings (SSSR count). The summed E-state index contributed by atoms with van der Waals surface area (Å²) in [6.07, 6.45) is 0. The van der Waals surface area contributed by atoms with E-state index in [4.69, 9.17) is 9.90 Å². The molecule has 0 bridgehead atoms. The van der Waals surface area contributed by atoms with Crippen LogP contribution in [0.4, 0.5) is 4.79 Å². The zero-order valence-electron chi connectivity index (χ0n) is 4.93. The third kappa shape index (κ3) is 66.1. The molecule has 56 valence electrons. The van der Waals surface area contributed by atoms with Gasteiger partial charge < -0.3 is 9.84 Å². The van der Waals surface area contributed by atoms with Crippen LogP contribution in [0.15, 0.2) is 0 Å². The van der Waals surface area contributed by atoms with Gasteiger partial charge in [-0.25, -0.2) is 0 Å². The average Bonchev–Trinajstić information content (AvgIpc) is 1.66. The lowest BCUT2D eigenvalue weighted by Crippen LogP contribution is -1.91. The molecule has 0 aliphatic heterocycles. The third-order valence-corrected chi connectivity index (χ3v) is 0.295. The number of ether oxygens (including phenoxy) is 1. The lowest BCUT2D eigenvalue weighted by molar-refractivity contribution is 0.135. The van der Waals surface area contributed by atoms with E-state index in [0.717, 1.165) is 0 Å². The van der Waals surface area contributed by atoms with Crippen LogP contribution in [0.1, 0.15) is 0 Å². The van der Waals surface area contributed by atoms with Crippen molar-refractivity contribution in [2.45, 2.75) is 0 Å². The zero-order valence-corrected chi connectivity index (χ0v) is 6.45. The summed E-state index contributed by atoms with van der Waals surface area (Å²) in [5, 5.41) is 7.94. The van der Waals surface area contributed by atoms with Crippen LogP contribution in [0.2, 0.25) is 0 Å². The Morgan fingerprint density at radius 1 is 1.67 bits per heavy atom. The predicted octanol–water partition coefficient (Wildman–Crippen LogP) is 1.21. The van der Waals surface area contributed by atoms with Gasteiger partial charge in [-0.1, -0.05) is 0 Å². The molecule has 0 saturated heterocycles. The first kappa shape index (κ1) is 11.9. The molecular weight excluding hydrogens is 167 g/mol. The first-order chi connectivity index (χ1) is 4.15. The Morgan fingerprint density at radius 3 is 2.00 bits per heavy atom. The first-order valence-electron chi connectivity index (χ1n) is 2.10. The third-order valence-electron chi connectivity index (χ3n) is 0.295. The Labute approximate surface area is 63.5 Å². The number of hydrogen-bond donors (Lipinski definition) is 1. The van der Waals surface area contributed by atoms with Crippen molar-refractivity contribution >= 4 is 27.9 Å². The summed E-state index contributed by atoms with van der Waals surface area (Å²) >= 11 is 8.80. The minimum atomic E-state index is -0.889. The van der Waals surface area contributed by atoms with E-state index in [0.29, 0.717) is 6.61 Å². The number of halogens is 2. The second-order valence-corrected chi connectivity index (χ2v) is 1.82. The van der Waals surface area contributed by atoms with Crippen molar-refractivity contribution in [1.29, 1.82) is 0 Å². The molecule has 0 spiro atoms. The Kier molecular flexibility index (Phi) is 14.6. The van der Waals surface area contributed by atoms with E-state index < -0.39 is 4.70 Å². The number of carbonyl (C=O) groups excluding carboxylic acids is 1. The molecule has 0 heterocycles. The molecule has 0 saturated carbocycles. The molecule has 0 aromatic carbocycles. The molecule has 0 fully saturated rings. The van der Waals surface area contributed by atoms with Crippen LogP contribution in [-0.2, 0) is 4.74 Å². The predicted molar refractivity (Wildman–Crippen MR) is 36.1 cm³/mol. The molecule has 0 aromatic rings. The van der Waals surface area contributed by atoms with Crippen molar-refractivity contribution in [3.05, 3.63) is 0 Å². The monoisotopic (exact) mass is 174 g/mol. The van der Waals surface area contributed by atoms with Gasteiger partial charge in [0.25, 0.3) is 0 Å². The summed E-state index contributed by atoms with van der Waals surface area (Å²) in [6.45, 7) is 0.566. The normalized spacial score (nSPS) is 7.56. The lowest BCUT2D eigenvalue weighted by atomic mass is 10.8. The fourth-order valence-corrected chi connectivity index (χ4v) is 0.0913. The number of methoxy groups -OCH3 is 1. The molecule has 0 amide bonds. The molecule has 5 heteroatoms. The van der Waals surface area contributed by atoms with Crippen LogP contribution in [-0.4, -0.2) is 30.1 Å². The van der Waals surface area contributed by atoms with Crippen molar-refractivity contribution in [3.63, 3.8) is 0 Å². The van der Waals surface area contributed by atoms with Crippen molar-refractivity contribution in [2.24, 2.45) is 0 Å². The molecular formula is C4H8Cl2O3. The number of carbonyl (C=O) groups is 1. The highest BCUT2D eigenvalue weighted by Gasteiger charge is 1.72. The summed E-state index contributed by atoms with van der Waals surface area (Å²) in [4.78, 5) is 8.98. The fourth-order valence-electron chi connectivity index (χ4n) is 0.0913. The van der Waals surface area contributed by atoms with Crippen molar-refractivity contribution in [3.8, 4) is 0 Å². The molecule has 0 aliphatic carbocycles. The van der Waals surface area contributed by atoms with Gasteiger partial charge in [-0.05, 0) is 23.2 Å². The van der Waals surface area contributed by atoms with Gasteiger partial charge in [0, 0.05) is 7.11 Å². The lowest BCUT2D eigenvalue weighted by Gasteiger charge is -1.84. The van der Waals surface area contributed by atoms with Gasteiger partial charge in [-0.15, -0.1) is 0 Å². The second-order valence-electron chi connectivity index (χ2n) is 0.942. The minimum Gasteiger partial charge on any atom is -0.394 e. The number of rotatable bonds is 2.